The summed E-state index contributed by atoms with van der Waals surface area (Å²) < 4.78 is 14.0. The maximum absolute atomic E-state index is 14.0. The highest BCUT2D eigenvalue weighted by Gasteiger charge is 2.32. The largest absolute Gasteiger partial charge is 0.491 e. The van der Waals surface area contributed by atoms with Gasteiger partial charge in [0.05, 0.1) is 6.04 Å². The third kappa shape index (κ3) is 8.77. The number of nitrogens with one attached hydrogen (secondary N) is 2. The standard InChI is InChI=1S/C35H43FN6O3S.CH2O2/c1-34(2,3)25-9-10-27-23(17-25)19-29-32(40-27)46-33(41-29)31(44)39-28(11-14-42-15-12-35(45,37-4)13-16-42)22-7-5-21(6-8-22)24-18-26(36)30(43)38-20-24;2-1-3/h5-8,18-20,25,28,37,45H,9-17H2,1-4H3,(H,38,43)(H,39,44);1H,(H,2,3)/t25-,28+;/m0./s1. The number of aromatic nitrogens is 3. The molecule has 1 aliphatic heterocycles. The number of benzene rings is 1. The molecule has 1 saturated heterocycles. The van der Waals surface area contributed by atoms with Gasteiger partial charge in [-0.3, -0.25) is 14.9 Å². The molecule has 0 bridgehead atoms. The number of nitrogens with zero attached hydrogens (tertiary/aromatic N) is 4. The number of likely N-dealkylation sites (tertiary alicyclic amines) is 1. The first-order valence-corrected chi connectivity index (χ1v) is 17.4. The summed E-state index contributed by atoms with van der Waals surface area (Å²) in [7, 11) is 1.78. The molecule has 2 aliphatic rings. The zero-order chi connectivity index (χ0) is 35.3. The van der Waals surface area contributed by atoms with Crippen molar-refractivity contribution in [3.8, 4) is 17.0 Å². The van der Waals surface area contributed by atoms with Gasteiger partial charge in [0, 0.05) is 49.9 Å². The minimum atomic E-state index is -0.837. The van der Waals surface area contributed by atoms with Crippen molar-refractivity contribution < 1.29 is 29.3 Å². The summed E-state index contributed by atoms with van der Waals surface area (Å²) in [6, 6.07) is 10.7. The lowest BCUT2D eigenvalue weighted by atomic mass is 9.71. The van der Waals surface area contributed by atoms with Gasteiger partial charge in [0.1, 0.15) is 16.1 Å². The highest BCUT2D eigenvalue weighted by atomic mass is 32.1. The fourth-order valence-electron chi connectivity index (χ4n) is 6.60. The fraction of sp³-hybridized carbons (Fsp3) is 0.472. The van der Waals surface area contributed by atoms with E-state index >= 15 is 0 Å². The number of pyridine rings is 2. The molecule has 3 aromatic heterocycles. The number of piperidine rings is 1. The van der Waals surface area contributed by atoms with Crippen LogP contribution in [0.15, 0.2) is 42.6 Å². The number of thiazole rings is 1. The minimum absolute atomic E-state index is 0.229. The molecule has 4 aromatic rings. The molecule has 0 radical (unpaired) electrons. The summed E-state index contributed by atoms with van der Waals surface area (Å²) in [4.78, 5) is 38.6. The van der Waals surface area contributed by atoms with E-state index in [0.29, 0.717) is 35.8 Å². The molecule has 5 N–H and O–H groups in total. The van der Waals surface area contributed by atoms with Gasteiger partial charge in [-0.05, 0) is 72.9 Å². The van der Waals surface area contributed by atoms with Crippen LogP contribution in [0, 0.1) is 17.2 Å². The van der Waals surface area contributed by atoms with E-state index in [4.69, 9.17) is 19.9 Å². The van der Waals surface area contributed by atoms with Gasteiger partial charge in [0.2, 0.25) is 5.88 Å². The smallest absolute Gasteiger partial charge is 0.290 e. The van der Waals surface area contributed by atoms with Gasteiger partial charge in [-0.1, -0.05) is 56.4 Å². The van der Waals surface area contributed by atoms with Crippen LogP contribution in [0.3, 0.4) is 0 Å². The van der Waals surface area contributed by atoms with E-state index < -0.39 is 17.4 Å². The zero-order valence-electron chi connectivity index (χ0n) is 28.4. The Morgan fingerprint density at radius 2 is 1.86 bits per heavy atom. The molecule has 0 spiro atoms. The van der Waals surface area contributed by atoms with Crippen molar-refractivity contribution in [2.45, 2.75) is 71.1 Å². The number of carbonyl (C=O) groups excluding carboxylic acids is 1. The van der Waals surface area contributed by atoms with E-state index in [1.165, 1.54) is 29.2 Å². The van der Waals surface area contributed by atoms with Crippen molar-refractivity contribution in [3.05, 3.63) is 70.2 Å². The van der Waals surface area contributed by atoms with Gasteiger partial charge >= 0.3 is 0 Å². The summed E-state index contributed by atoms with van der Waals surface area (Å²) >= 11 is 1.33. The van der Waals surface area contributed by atoms with Gasteiger partial charge in [-0.25, -0.2) is 19.3 Å². The first kappa shape index (κ1) is 36.2. The quantitative estimate of drug-likeness (QED) is 0.121. The molecule has 1 fully saturated rings. The third-order valence-corrected chi connectivity index (χ3v) is 10.8. The Morgan fingerprint density at radius 1 is 1.16 bits per heavy atom. The molecule has 6 rings (SSSR count). The third-order valence-electron chi connectivity index (χ3n) is 9.82. The van der Waals surface area contributed by atoms with Crippen molar-refractivity contribution in [2.24, 2.45) is 11.3 Å². The lowest BCUT2D eigenvalue weighted by Gasteiger charge is -2.38. The molecular weight excluding hydrogens is 647 g/mol. The summed E-state index contributed by atoms with van der Waals surface area (Å²) in [5.74, 6) is -1.06. The average molecular weight is 693 g/mol. The number of aryl methyl sites for hydroxylation is 1. The second-order valence-corrected chi connectivity index (χ2v) is 14.9. The predicted octanol–water partition coefficient (Wildman–Crippen LogP) is 5.31. The lowest BCUT2D eigenvalue weighted by molar-refractivity contribution is -0.122. The number of hydrogen-bond acceptors (Lipinski definition) is 10. The van der Waals surface area contributed by atoms with Crippen LogP contribution in [-0.4, -0.2) is 80.0 Å². The van der Waals surface area contributed by atoms with Crippen molar-refractivity contribution in [2.75, 3.05) is 26.7 Å². The Bertz CT molecular complexity index is 1770. The van der Waals surface area contributed by atoms with Gasteiger partial charge in [-0.2, -0.15) is 0 Å². The Morgan fingerprint density at radius 3 is 2.49 bits per heavy atom. The molecule has 13 heteroatoms. The number of rotatable bonds is 8. The van der Waals surface area contributed by atoms with Crippen molar-refractivity contribution >= 4 is 34.1 Å². The second-order valence-electron chi connectivity index (χ2n) is 13.9. The van der Waals surface area contributed by atoms with Crippen molar-refractivity contribution in [1.82, 2.24) is 30.5 Å². The van der Waals surface area contributed by atoms with Crippen LogP contribution in [0.1, 0.15) is 79.1 Å². The van der Waals surface area contributed by atoms with Crippen LogP contribution in [-0.2, 0) is 17.6 Å². The number of halogens is 1. The van der Waals surface area contributed by atoms with E-state index in [0.717, 1.165) is 66.1 Å². The predicted molar refractivity (Wildman–Crippen MR) is 187 cm³/mol. The molecule has 49 heavy (non-hydrogen) atoms. The van der Waals surface area contributed by atoms with E-state index in [9.17, 15) is 19.4 Å². The molecule has 11 nitrogen and oxygen atoms in total. The molecule has 0 saturated carbocycles. The van der Waals surface area contributed by atoms with Gasteiger partial charge in [-0.15, -0.1) is 0 Å². The Hall–Kier alpha value is -4.04. The van der Waals surface area contributed by atoms with Crippen LogP contribution in [0.2, 0.25) is 0 Å². The number of carbonyl (C=O) groups is 2. The summed E-state index contributed by atoms with van der Waals surface area (Å²) in [5.41, 5.74) is 4.73. The Balaban J connectivity index is 0.00000151. The lowest BCUT2D eigenvalue weighted by Crippen LogP contribution is -2.52. The van der Waals surface area contributed by atoms with Gasteiger partial charge in [0.15, 0.2) is 10.8 Å². The Labute approximate surface area is 289 Å². The number of fused-ring (bicyclic) bond motifs is 2. The number of hydrogen-bond donors (Lipinski definition) is 5. The number of amides is 1. The fourth-order valence-corrected chi connectivity index (χ4v) is 7.44. The number of aliphatic hydroxyl groups is 1. The molecule has 2 atom stereocenters. The van der Waals surface area contributed by atoms with E-state index in [-0.39, 0.29) is 23.8 Å². The van der Waals surface area contributed by atoms with Crippen LogP contribution < -0.4 is 10.6 Å². The molecule has 4 heterocycles. The monoisotopic (exact) mass is 692 g/mol. The normalized spacial score (nSPS) is 18.2. The van der Waals surface area contributed by atoms with Crippen LogP contribution in [0.5, 0.6) is 5.88 Å². The summed E-state index contributed by atoms with van der Waals surface area (Å²) in [6.45, 7) is 8.87. The molecule has 1 aliphatic carbocycles. The average Bonchev–Trinajstić information content (AvgIpc) is 3.50. The Kier molecular flexibility index (Phi) is 11.3. The van der Waals surface area contributed by atoms with Gasteiger partial charge in [0.25, 0.3) is 12.4 Å². The highest BCUT2D eigenvalue weighted by molar-refractivity contribution is 7.19. The topological polar surface area (TPSA) is 161 Å². The molecular formula is C36H45FN6O5S. The van der Waals surface area contributed by atoms with Crippen molar-refractivity contribution in [1.29, 1.82) is 0 Å². The maximum Gasteiger partial charge on any atom is 0.290 e. The SMILES string of the molecule is CNC1(O)CCN(CC[C@@H](NC(=O)c2nc3cc4c(nc3s2)CC[C@H](C(C)(C)C)C4)c2ccc(-c3cnc(O)c(F)c3)cc2)CC1.O=CO. The highest BCUT2D eigenvalue weighted by Crippen LogP contribution is 2.38. The minimum Gasteiger partial charge on any atom is -0.491 e. The van der Waals surface area contributed by atoms with Crippen molar-refractivity contribution in [3.63, 3.8) is 0 Å². The molecule has 1 aromatic carbocycles. The first-order valence-electron chi connectivity index (χ1n) is 16.6. The van der Waals surface area contributed by atoms with E-state index in [2.05, 4.69) is 47.4 Å². The number of aromatic hydroxyl groups is 1. The summed E-state index contributed by atoms with van der Waals surface area (Å²) in [5, 5.41) is 33.6. The van der Waals surface area contributed by atoms with E-state index in [1.54, 1.807) is 7.05 Å². The maximum atomic E-state index is 14.0. The zero-order valence-corrected chi connectivity index (χ0v) is 29.2. The van der Waals surface area contributed by atoms with Crippen LogP contribution in [0.25, 0.3) is 21.5 Å². The van der Waals surface area contributed by atoms with Crippen LogP contribution in [0.4, 0.5) is 4.39 Å². The van der Waals surface area contributed by atoms with Crippen LogP contribution >= 0.6 is 11.3 Å². The second kappa shape index (κ2) is 15.2. The molecule has 262 valence electrons. The summed E-state index contributed by atoms with van der Waals surface area (Å²) in [6.07, 6.45) is 6.39. The van der Waals surface area contributed by atoms with Gasteiger partial charge < -0.3 is 25.5 Å². The molecule has 0 unspecified atom stereocenters. The van der Waals surface area contributed by atoms with E-state index in [1.807, 2.05) is 24.3 Å². The molecule has 1 amide bonds. The number of carboxylic acid groups (broad SMARTS) is 1. The first-order chi connectivity index (χ1) is 23.3.